The summed E-state index contributed by atoms with van der Waals surface area (Å²) in [6, 6.07) is 12.0. The Kier molecular flexibility index (Phi) is 4.61. The maximum absolute atomic E-state index is 13.5. The van der Waals surface area contributed by atoms with E-state index in [0.717, 1.165) is 12.1 Å². The normalized spacial score (nSPS) is 10.8. The number of halogens is 2. The van der Waals surface area contributed by atoms with Crippen LogP contribution in [-0.2, 0) is 6.54 Å². The third-order valence-electron chi connectivity index (χ3n) is 3.86. The number of carbonyl (C=O) groups is 1. The van der Waals surface area contributed by atoms with E-state index in [1.807, 2.05) is 13.0 Å². The molecule has 1 amide bonds. The molecule has 6 heteroatoms. The van der Waals surface area contributed by atoms with Gasteiger partial charge in [0, 0.05) is 12.2 Å². The Hall–Kier alpha value is -3.02. The molecule has 25 heavy (non-hydrogen) atoms. The van der Waals surface area contributed by atoms with Gasteiger partial charge >= 0.3 is 0 Å². The highest BCUT2D eigenvalue weighted by Gasteiger charge is 2.17. The van der Waals surface area contributed by atoms with Gasteiger partial charge in [0.1, 0.15) is 5.69 Å². The third-order valence-corrected chi connectivity index (χ3v) is 3.86. The van der Waals surface area contributed by atoms with Crippen molar-refractivity contribution in [2.45, 2.75) is 19.9 Å². The van der Waals surface area contributed by atoms with Crippen LogP contribution in [0.3, 0.4) is 0 Å². The number of hydrogen-bond acceptors (Lipinski definition) is 2. The maximum Gasteiger partial charge on any atom is 0.272 e. The van der Waals surface area contributed by atoms with Gasteiger partial charge in [-0.2, -0.15) is 0 Å². The van der Waals surface area contributed by atoms with E-state index in [1.54, 1.807) is 24.3 Å². The van der Waals surface area contributed by atoms with Crippen LogP contribution in [-0.4, -0.2) is 10.5 Å². The lowest BCUT2D eigenvalue weighted by molar-refractivity contribution is 0.101. The fourth-order valence-corrected chi connectivity index (χ4v) is 2.70. The SMILES string of the molecule is CCCn1c(C(=O)Nc2ccccc2)cc2cc(F)c(F)cc2c1=O. The Labute approximate surface area is 142 Å². The summed E-state index contributed by atoms with van der Waals surface area (Å²) in [4.78, 5) is 25.3. The van der Waals surface area contributed by atoms with E-state index >= 15 is 0 Å². The number of aromatic nitrogens is 1. The Morgan fingerprint density at radius 3 is 2.44 bits per heavy atom. The van der Waals surface area contributed by atoms with Gasteiger partial charge in [-0.3, -0.25) is 9.59 Å². The van der Waals surface area contributed by atoms with Crippen LogP contribution in [0.5, 0.6) is 0 Å². The molecule has 0 fully saturated rings. The number of amides is 1. The molecular formula is C19H16F2N2O2. The van der Waals surface area contributed by atoms with Gasteiger partial charge in [-0.15, -0.1) is 0 Å². The highest BCUT2D eigenvalue weighted by atomic mass is 19.2. The summed E-state index contributed by atoms with van der Waals surface area (Å²) in [5, 5.41) is 2.94. The van der Waals surface area contributed by atoms with Crippen LogP contribution in [0.2, 0.25) is 0 Å². The van der Waals surface area contributed by atoms with Gasteiger partial charge in [0.05, 0.1) is 5.39 Å². The van der Waals surface area contributed by atoms with E-state index in [2.05, 4.69) is 5.32 Å². The molecular weight excluding hydrogens is 326 g/mol. The molecule has 1 heterocycles. The summed E-state index contributed by atoms with van der Waals surface area (Å²) in [6.45, 7) is 2.16. The van der Waals surface area contributed by atoms with Crippen LogP contribution >= 0.6 is 0 Å². The van der Waals surface area contributed by atoms with Crippen molar-refractivity contribution >= 4 is 22.4 Å². The van der Waals surface area contributed by atoms with Crippen molar-refractivity contribution in [3.05, 3.63) is 76.2 Å². The molecule has 0 radical (unpaired) electrons. The first-order valence-electron chi connectivity index (χ1n) is 7.90. The van der Waals surface area contributed by atoms with Crippen molar-refractivity contribution < 1.29 is 13.6 Å². The molecule has 0 saturated heterocycles. The quantitative estimate of drug-likeness (QED) is 0.781. The minimum atomic E-state index is -1.09. The average Bonchev–Trinajstić information content (AvgIpc) is 2.60. The van der Waals surface area contributed by atoms with Crippen LogP contribution in [0.1, 0.15) is 23.8 Å². The van der Waals surface area contributed by atoms with Crippen molar-refractivity contribution in [1.29, 1.82) is 0 Å². The summed E-state index contributed by atoms with van der Waals surface area (Å²) in [5.74, 6) is -2.63. The van der Waals surface area contributed by atoms with Crippen LogP contribution in [0.15, 0.2) is 53.3 Å². The van der Waals surface area contributed by atoms with Crippen LogP contribution in [0.25, 0.3) is 10.8 Å². The van der Waals surface area contributed by atoms with Gasteiger partial charge in [-0.05, 0) is 42.1 Å². The van der Waals surface area contributed by atoms with Gasteiger partial charge in [0.25, 0.3) is 11.5 Å². The maximum atomic E-state index is 13.5. The molecule has 128 valence electrons. The highest BCUT2D eigenvalue weighted by molar-refractivity contribution is 6.05. The van der Waals surface area contributed by atoms with Gasteiger partial charge in [-0.25, -0.2) is 8.78 Å². The number of nitrogens with zero attached hydrogens (tertiary/aromatic N) is 1. The number of anilines is 1. The topological polar surface area (TPSA) is 51.1 Å². The number of para-hydroxylation sites is 1. The Balaban J connectivity index is 2.15. The molecule has 0 atom stereocenters. The summed E-state index contributed by atoms with van der Waals surface area (Å²) in [5.41, 5.74) is 0.166. The van der Waals surface area contributed by atoms with E-state index in [-0.39, 0.29) is 16.5 Å². The minimum Gasteiger partial charge on any atom is -0.321 e. The predicted octanol–water partition coefficient (Wildman–Crippen LogP) is 3.94. The first kappa shape index (κ1) is 16.8. The molecule has 0 bridgehead atoms. The van der Waals surface area contributed by atoms with Gasteiger partial charge in [0.2, 0.25) is 0 Å². The second-order valence-electron chi connectivity index (χ2n) is 5.66. The van der Waals surface area contributed by atoms with Gasteiger partial charge in [-0.1, -0.05) is 25.1 Å². The summed E-state index contributed by atoms with van der Waals surface area (Å²) in [6.07, 6.45) is 0.612. The largest absolute Gasteiger partial charge is 0.321 e. The van der Waals surface area contributed by atoms with Crippen molar-refractivity contribution in [2.75, 3.05) is 5.32 Å². The molecule has 1 N–H and O–H groups in total. The van der Waals surface area contributed by atoms with Gasteiger partial charge < -0.3 is 9.88 Å². The van der Waals surface area contributed by atoms with Crippen LogP contribution < -0.4 is 10.9 Å². The Morgan fingerprint density at radius 2 is 1.76 bits per heavy atom. The smallest absolute Gasteiger partial charge is 0.272 e. The summed E-state index contributed by atoms with van der Waals surface area (Å²) < 4.78 is 28.3. The highest BCUT2D eigenvalue weighted by Crippen LogP contribution is 2.18. The molecule has 1 aromatic heterocycles. The van der Waals surface area contributed by atoms with Crippen molar-refractivity contribution in [3.63, 3.8) is 0 Å². The molecule has 0 unspecified atom stereocenters. The minimum absolute atomic E-state index is 0.0450. The number of nitrogens with one attached hydrogen (secondary N) is 1. The van der Waals surface area contributed by atoms with E-state index in [0.29, 0.717) is 18.7 Å². The fraction of sp³-hybridized carbons (Fsp3) is 0.158. The predicted molar refractivity (Wildman–Crippen MR) is 92.8 cm³/mol. The lowest BCUT2D eigenvalue weighted by Crippen LogP contribution is -2.29. The monoisotopic (exact) mass is 342 g/mol. The van der Waals surface area contributed by atoms with E-state index in [4.69, 9.17) is 0 Å². The number of pyridine rings is 1. The zero-order chi connectivity index (χ0) is 18.0. The third kappa shape index (κ3) is 3.28. The molecule has 0 aliphatic rings. The first-order chi connectivity index (χ1) is 12.0. The number of hydrogen-bond donors (Lipinski definition) is 1. The second-order valence-corrected chi connectivity index (χ2v) is 5.66. The zero-order valence-electron chi connectivity index (χ0n) is 13.6. The fourth-order valence-electron chi connectivity index (χ4n) is 2.70. The van der Waals surface area contributed by atoms with Crippen LogP contribution in [0, 0.1) is 11.6 Å². The average molecular weight is 342 g/mol. The number of carbonyl (C=O) groups excluding carboxylic acids is 1. The molecule has 4 nitrogen and oxygen atoms in total. The molecule has 2 aromatic carbocycles. The standard InChI is InChI=1S/C19H16F2N2O2/c1-2-8-23-17(18(24)22-13-6-4-3-5-7-13)10-12-9-15(20)16(21)11-14(12)19(23)25/h3-7,9-11H,2,8H2,1H3,(H,22,24). The Morgan fingerprint density at radius 1 is 1.08 bits per heavy atom. The first-order valence-corrected chi connectivity index (χ1v) is 7.90. The second kappa shape index (κ2) is 6.84. The van der Waals surface area contributed by atoms with Crippen molar-refractivity contribution in [2.24, 2.45) is 0 Å². The molecule has 3 rings (SSSR count). The molecule has 0 aliphatic carbocycles. The molecule has 3 aromatic rings. The van der Waals surface area contributed by atoms with E-state index in [9.17, 15) is 18.4 Å². The van der Waals surface area contributed by atoms with E-state index in [1.165, 1.54) is 10.6 Å². The van der Waals surface area contributed by atoms with Gasteiger partial charge in [0.15, 0.2) is 11.6 Å². The molecule has 0 aliphatic heterocycles. The Bertz CT molecular complexity index is 998. The van der Waals surface area contributed by atoms with E-state index < -0.39 is 23.1 Å². The lowest BCUT2D eigenvalue weighted by Gasteiger charge is -2.14. The van der Waals surface area contributed by atoms with Crippen molar-refractivity contribution in [1.82, 2.24) is 4.57 Å². The number of rotatable bonds is 4. The lowest BCUT2D eigenvalue weighted by atomic mass is 10.1. The molecule has 0 spiro atoms. The van der Waals surface area contributed by atoms with Crippen molar-refractivity contribution in [3.8, 4) is 0 Å². The zero-order valence-corrected chi connectivity index (χ0v) is 13.6. The number of fused-ring (bicyclic) bond motifs is 1. The van der Waals surface area contributed by atoms with Crippen LogP contribution in [0.4, 0.5) is 14.5 Å². The summed E-state index contributed by atoms with van der Waals surface area (Å²) >= 11 is 0. The number of benzene rings is 2. The summed E-state index contributed by atoms with van der Waals surface area (Å²) in [7, 11) is 0. The molecule has 0 saturated carbocycles.